The van der Waals surface area contributed by atoms with Crippen molar-refractivity contribution in [1.82, 2.24) is 4.90 Å². The smallest absolute Gasteiger partial charge is 0.248 e. The van der Waals surface area contributed by atoms with Crippen molar-refractivity contribution in [2.45, 2.75) is 25.5 Å². The highest BCUT2D eigenvalue weighted by atomic mass is 16.5. The summed E-state index contributed by atoms with van der Waals surface area (Å²) in [5, 5.41) is 9.15. The zero-order valence-corrected chi connectivity index (χ0v) is 10.4. The number of likely N-dealkylation sites (tertiary alicyclic amines) is 1. The van der Waals surface area contributed by atoms with Crippen LogP contribution < -0.4 is 0 Å². The fourth-order valence-corrected chi connectivity index (χ4v) is 2.27. The van der Waals surface area contributed by atoms with Crippen molar-refractivity contribution >= 4 is 5.91 Å². The van der Waals surface area contributed by atoms with E-state index in [1.54, 1.807) is 4.90 Å². The van der Waals surface area contributed by atoms with Gasteiger partial charge in [-0.25, -0.2) is 0 Å². The van der Waals surface area contributed by atoms with E-state index in [0.29, 0.717) is 6.61 Å². The molecule has 1 aliphatic rings. The molecule has 0 spiro atoms. The van der Waals surface area contributed by atoms with Gasteiger partial charge in [-0.2, -0.15) is 0 Å². The van der Waals surface area contributed by atoms with Crippen molar-refractivity contribution in [2.24, 2.45) is 0 Å². The number of hydrogen-bond acceptors (Lipinski definition) is 3. The molecule has 98 valence electrons. The molecule has 1 amide bonds. The zero-order chi connectivity index (χ0) is 12.8. The molecule has 4 heteroatoms. The van der Waals surface area contributed by atoms with Gasteiger partial charge in [0, 0.05) is 6.54 Å². The summed E-state index contributed by atoms with van der Waals surface area (Å²) >= 11 is 0. The molecule has 0 unspecified atom stereocenters. The second-order valence-corrected chi connectivity index (χ2v) is 4.54. The second-order valence-electron chi connectivity index (χ2n) is 4.54. The largest absolute Gasteiger partial charge is 0.394 e. The minimum Gasteiger partial charge on any atom is -0.394 e. The van der Waals surface area contributed by atoms with Crippen LogP contribution in [0.5, 0.6) is 0 Å². The Labute approximate surface area is 107 Å². The van der Waals surface area contributed by atoms with Crippen molar-refractivity contribution < 1.29 is 14.6 Å². The standard InChI is InChI=1S/C14H19NO3/c16-9-13-7-4-8-15(13)14(17)11-18-10-12-5-2-1-3-6-12/h1-3,5-6,13,16H,4,7-11H2/t13-/m0/s1. The van der Waals surface area contributed by atoms with E-state index in [1.165, 1.54) is 0 Å². The third kappa shape index (κ3) is 3.31. The average molecular weight is 249 g/mol. The number of nitrogens with zero attached hydrogens (tertiary/aromatic N) is 1. The lowest BCUT2D eigenvalue weighted by molar-refractivity contribution is -0.138. The average Bonchev–Trinajstić information content (AvgIpc) is 2.88. The maximum atomic E-state index is 11.9. The van der Waals surface area contributed by atoms with Crippen LogP contribution in [0.1, 0.15) is 18.4 Å². The van der Waals surface area contributed by atoms with Gasteiger partial charge in [-0.15, -0.1) is 0 Å². The van der Waals surface area contributed by atoms with Crippen LogP contribution in [0.2, 0.25) is 0 Å². The van der Waals surface area contributed by atoms with Gasteiger partial charge in [-0.3, -0.25) is 4.79 Å². The topological polar surface area (TPSA) is 49.8 Å². The second kappa shape index (κ2) is 6.52. The molecule has 4 nitrogen and oxygen atoms in total. The summed E-state index contributed by atoms with van der Waals surface area (Å²) in [7, 11) is 0. The molecule has 1 atom stereocenters. The molecule has 1 aromatic carbocycles. The number of aliphatic hydroxyl groups excluding tert-OH is 1. The quantitative estimate of drug-likeness (QED) is 0.852. The summed E-state index contributed by atoms with van der Waals surface area (Å²) in [5.74, 6) is -0.0255. The van der Waals surface area contributed by atoms with Crippen LogP contribution in [0.3, 0.4) is 0 Å². The Morgan fingerprint density at radius 3 is 2.89 bits per heavy atom. The van der Waals surface area contributed by atoms with Crippen molar-refractivity contribution in [1.29, 1.82) is 0 Å². The number of amides is 1. The normalized spacial score (nSPS) is 19.2. The van der Waals surface area contributed by atoms with Gasteiger partial charge in [0.25, 0.3) is 0 Å². The fraction of sp³-hybridized carbons (Fsp3) is 0.500. The van der Waals surface area contributed by atoms with Gasteiger partial charge in [0.1, 0.15) is 6.61 Å². The molecule has 1 N–H and O–H groups in total. The van der Waals surface area contributed by atoms with Crippen molar-refractivity contribution in [3.05, 3.63) is 35.9 Å². The lowest BCUT2D eigenvalue weighted by Gasteiger charge is -2.22. The van der Waals surface area contributed by atoms with Crippen LogP contribution in [0.4, 0.5) is 0 Å². The first-order valence-electron chi connectivity index (χ1n) is 6.33. The first-order valence-corrected chi connectivity index (χ1v) is 6.33. The van der Waals surface area contributed by atoms with Crippen LogP contribution in [0.15, 0.2) is 30.3 Å². The molecule has 0 saturated carbocycles. The summed E-state index contributed by atoms with van der Waals surface area (Å²) in [6.07, 6.45) is 1.86. The Kier molecular flexibility index (Phi) is 4.73. The summed E-state index contributed by atoms with van der Waals surface area (Å²) < 4.78 is 5.41. The predicted octanol–water partition coefficient (Wildman–Crippen LogP) is 1.19. The van der Waals surface area contributed by atoms with Crippen molar-refractivity contribution in [3.8, 4) is 0 Å². The van der Waals surface area contributed by atoms with Gasteiger partial charge in [0.05, 0.1) is 19.3 Å². The van der Waals surface area contributed by atoms with E-state index in [9.17, 15) is 4.79 Å². The molecule has 0 aliphatic carbocycles. The zero-order valence-electron chi connectivity index (χ0n) is 10.4. The van der Waals surface area contributed by atoms with Crippen LogP contribution in [0.25, 0.3) is 0 Å². The molecule has 1 fully saturated rings. The number of hydrogen-bond donors (Lipinski definition) is 1. The minimum atomic E-state index is -0.0255. The molecule has 1 saturated heterocycles. The lowest BCUT2D eigenvalue weighted by Crippen LogP contribution is -2.39. The van der Waals surface area contributed by atoms with Gasteiger partial charge < -0.3 is 14.7 Å². The van der Waals surface area contributed by atoms with Crippen molar-refractivity contribution in [3.63, 3.8) is 0 Å². The summed E-state index contributed by atoms with van der Waals surface area (Å²) in [5.41, 5.74) is 1.06. The molecule has 0 aromatic heterocycles. The molecule has 1 aliphatic heterocycles. The molecular weight excluding hydrogens is 230 g/mol. The first-order chi connectivity index (χ1) is 8.81. The van der Waals surface area contributed by atoms with E-state index >= 15 is 0 Å². The summed E-state index contributed by atoms with van der Waals surface area (Å²) in [4.78, 5) is 13.6. The maximum absolute atomic E-state index is 11.9. The van der Waals surface area contributed by atoms with E-state index in [2.05, 4.69) is 0 Å². The number of rotatable bonds is 5. The highest BCUT2D eigenvalue weighted by Gasteiger charge is 2.27. The predicted molar refractivity (Wildman–Crippen MR) is 67.9 cm³/mol. The van der Waals surface area contributed by atoms with Gasteiger partial charge in [0.2, 0.25) is 5.91 Å². The lowest BCUT2D eigenvalue weighted by atomic mass is 10.2. The Bertz CT molecular complexity index is 380. The number of carbonyl (C=O) groups excluding carboxylic acids is 1. The molecule has 0 bridgehead atoms. The van der Waals surface area contributed by atoms with Crippen LogP contribution >= 0.6 is 0 Å². The first kappa shape index (κ1) is 13.1. The highest BCUT2D eigenvalue weighted by molar-refractivity contribution is 5.78. The Balaban J connectivity index is 1.75. The van der Waals surface area contributed by atoms with Gasteiger partial charge in [-0.05, 0) is 18.4 Å². The maximum Gasteiger partial charge on any atom is 0.248 e. The number of benzene rings is 1. The Hall–Kier alpha value is -1.39. The summed E-state index contributed by atoms with van der Waals surface area (Å²) in [6, 6.07) is 9.77. The van der Waals surface area contributed by atoms with Crippen LogP contribution in [-0.4, -0.2) is 41.7 Å². The molecule has 1 aromatic rings. The number of carbonyl (C=O) groups is 1. The third-order valence-electron chi connectivity index (χ3n) is 3.25. The summed E-state index contributed by atoms with van der Waals surface area (Å²) in [6.45, 7) is 1.32. The van der Waals surface area contributed by atoms with E-state index in [0.717, 1.165) is 24.9 Å². The highest BCUT2D eigenvalue weighted by Crippen LogP contribution is 2.16. The van der Waals surface area contributed by atoms with E-state index in [-0.39, 0.29) is 25.2 Å². The minimum absolute atomic E-state index is 0.0159. The van der Waals surface area contributed by atoms with Gasteiger partial charge in [-0.1, -0.05) is 30.3 Å². The van der Waals surface area contributed by atoms with Crippen LogP contribution in [0, 0.1) is 0 Å². The Morgan fingerprint density at radius 1 is 1.39 bits per heavy atom. The van der Waals surface area contributed by atoms with E-state index in [4.69, 9.17) is 9.84 Å². The van der Waals surface area contributed by atoms with E-state index in [1.807, 2.05) is 30.3 Å². The Morgan fingerprint density at radius 2 is 2.17 bits per heavy atom. The molecule has 18 heavy (non-hydrogen) atoms. The number of ether oxygens (including phenoxy) is 1. The number of aliphatic hydroxyl groups is 1. The van der Waals surface area contributed by atoms with Gasteiger partial charge in [0.15, 0.2) is 0 Å². The van der Waals surface area contributed by atoms with Crippen molar-refractivity contribution in [2.75, 3.05) is 19.8 Å². The van der Waals surface area contributed by atoms with Crippen LogP contribution in [-0.2, 0) is 16.1 Å². The third-order valence-corrected chi connectivity index (χ3v) is 3.25. The molecule has 0 radical (unpaired) electrons. The molecule has 2 rings (SSSR count). The molecular formula is C14H19NO3. The fourth-order valence-electron chi connectivity index (χ4n) is 2.27. The SMILES string of the molecule is O=C(COCc1ccccc1)N1CCC[C@H]1CO. The molecule has 1 heterocycles. The monoisotopic (exact) mass is 249 g/mol. The van der Waals surface area contributed by atoms with E-state index < -0.39 is 0 Å². The van der Waals surface area contributed by atoms with Gasteiger partial charge >= 0.3 is 0 Å².